The molecule has 0 aliphatic carbocycles. The average Bonchev–Trinajstić information content (AvgIpc) is 3.59. The average molecular weight is 705 g/mol. The van der Waals surface area contributed by atoms with Gasteiger partial charge in [-0.2, -0.15) is 17.6 Å². The van der Waals surface area contributed by atoms with Crippen molar-refractivity contribution in [3.05, 3.63) is 93.8 Å². The van der Waals surface area contributed by atoms with Crippen LogP contribution >= 0.6 is 0 Å². The molecule has 5 aromatic rings. The molecule has 2 fully saturated rings. The van der Waals surface area contributed by atoms with Gasteiger partial charge in [0, 0.05) is 60.9 Å². The molecule has 9 nitrogen and oxygen atoms in total. The number of aryl methyl sites for hydroxylation is 4. The minimum absolute atomic E-state index is 0.209. The molecule has 51 heavy (non-hydrogen) atoms. The zero-order valence-electron chi connectivity index (χ0n) is 30.8. The lowest BCUT2D eigenvalue weighted by Crippen LogP contribution is -2.47. The van der Waals surface area contributed by atoms with Gasteiger partial charge in [0.25, 0.3) is 10.0 Å². The minimum atomic E-state index is -3.93. The number of nitrogens with zero attached hydrogens (tertiary/aromatic N) is 6. The van der Waals surface area contributed by atoms with Gasteiger partial charge in [-0.3, -0.25) is 0 Å². The predicted octanol–water partition coefficient (Wildman–Crippen LogP) is 7.80. The first kappa shape index (κ1) is 33.8. The standard InChI is InChI=1S/C41H48N6O3S/c1-24(2)29-12-10-26(4)37(20-29)45-19-18-35-34(23-45)41(46-30-13-14-31(46)22-32(21-30)50-7)43-40(42-35)38-27(5)11-17-36-39(38)28(6)44-47(36)51(48,49)33-15-8-25(3)9-16-33/h8-12,15-17,20,24,30-32H,13-14,18-19,21-23H2,1-7H3/t30-,31+,32+. The van der Waals surface area contributed by atoms with Crippen molar-refractivity contribution in [3.8, 4) is 11.4 Å². The number of fused-ring (bicyclic) bond motifs is 4. The zero-order chi connectivity index (χ0) is 35.8. The Morgan fingerprint density at radius 2 is 1.59 bits per heavy atom. The first-order chi connectivity index (χ1) is 24.4. The summed E-state index contributed by atoms with van der Waals surface area (Å²) in [5.74, 6) is 2.11. The van der Waals surface area contributed by atoms with Crippen molar-refractivity contribution < 1.29 is 13.2 Å². The molecule has 3 aliphatic heterocycles. The second kappa shape index (κ2) is 12.7. The molecule has 0 unspecified atom stereocenters. The lowest BCUT2D eigenvalue weighted by Gasteiger charge is -2.42. The highest BCUT2D eigenvalue weighted by atomic mass is 32.2. The van der Waals surface area contributed by atoms with E-state index in [9.17, 15) is 8.42 Å². The summed E-state index contributed by atoms with van der Waals surface area (Å²) in [6, 6.07) is 18.3. The maximum Gasteiger partial charge on any atom is 0.283 e. The first-order valence-corrected chi connectivity index (χ1v) is 19.8. The van der Waals surface area contributed by atoms with E-state index in [0.717, 1.165) is 78.8 Å². The largest absolute Gasteiger partial charge is 0.381 e. The topological polar surface area (TPSA) is 93.4 Å². The van der Waals surface area contributed by atoms with E-state index in [1.54, 1.807) is 12.1 Å². The fraction of sp³-hybridized carbons (Fsp3) is 0.439. The fourth-order valence-corrected chi connectivity index (χ4v) is 9.98. The van der Waals surface area contributed by atoms with Crippen LogP contribution in [0.2, 0.25) is 0 Å². The van der Waals surface area contributed by atoms with Crippen molar-refractivity contribution in [2.24, 2.45) is 0 Å². The van der Waals surface area contributed by atoms with Crippen LogP contribution in [-0.4, -0.2) is 59.4 Å². The molecule has 0 N–H and O–H groups in total. The van der Waals surface area contributed by atoms with E-state index in [0.29, 0.717) is 35.0 Å². The second-order valence-electron chi connectivity index (χ2n) is 15.2. The maximum atomic E-state index is 14.0. The third kappa shape index (κ3) is 5.71. The Morgan fingerprint density at radius 3 is 2.27 bits per heavy atom. The molecule has 3 atom stereocenters. The van der Waals surface area contributed by atoms with Crippen molar-refractivity contribution in [1.82, 2.24) is 19.2 Å². The molecule has 266 valence electrons. The quantitative estimate of drug-likeness (QED) is 0.170. The number of anilines is 2. The van der Waals surface area contributed by atoms with Gasteiger partial charge in [-0.05, 0) is 100 Å². The van der Waals surface area contributed by atoms with Crippen molar-refractivity contribution in [1.29, 1.82) is 0 Å². The van der Waals surface area contributed by atoms with Crippen LogP contribution in [0.4, 0.5) is 11.5 Å². The van der Waals surface area contributed by atoms with Crippen LogP contribution in [0.25, 0.3) is 22.3 Å². The van der Waals surface area contributed by atoms with Gasteiger partial charge in [-0.1, -0.05) is 49.7 Å². The molecule has 2 bridgehead atoms. The lowest BCUT2D eigenvalue weighted by molar-refractivity contribution is 0.0681. The Kier molecular flexibility index (Phi) is 8.45. The Bertz CT molecular complexity index is 2250. The van der Waals surface area contributed by atoms with E-state index in [1.165, 1.54) is 26.5 Å². The molecule has 10 heteroatoms. The predicted molar refractivity (Wildman–Crippen MR) is 203 cm³/mol. The molecule has 0 saturated carbocycles. The Hall–Kier alpha value is -4.28. The van der Waals surface area contributed by atoms with E-state index < -0.39 is 10.0 Å². The monoisotopic (exact) mass is 704 g/mol. The van der Waals surface area contributed by atoms with Crippen LogP contribution in [0.15, 0.2) is 59.5 Å². The molecule has 3 aromatic carbocycles. The smallest absolute Gasteiger partial charge is 0.283 e. The molecular formula is C41H48N6O3S. The number of aromatic nitrogens is 4. The minimum Gasteiger partial charge on any atom is -0.381 e. The molecule has 0 radical (unpaired) electrons. The fourth-order valence-electron chi connectivity index (χ4n) is 8.66. The Morgan fingerprint density at radius 1 is 0.882 bits per heavy atom. The van der Waals surface area contributed by atoms with Gasteiger partial charge in [0.15, 0.2) is 5.82 Å². The molecule has 3 aliphatic rings. The van der Waals surface area contributed by atoms with Gasteiger partial charge >= 0.3 is 0 Å². The van der Waals surface area contributed by atoms with Crippen LogP contribution in [0.5, 0.6) is 0 Å². The molecule has 8 rings (SSSR count). The number of methoxy groups -OCH3 is 1. The number of hydrogen-bond donors (Lipinski definition) is 0. The van der Waals surface area contributed by atoms with Crippen LogP contribution in [0, 0.1) is 27.7 Å². The van der Waals surface area contributed by atoms with Gasteiger partial charge in [0.1, 0.15) is 5.82 Å². The van der Waals surface area contributed by atoms with Crippen LogP contribution in [-0.2, 0) is 27.7 Å². The molecule has 5 heterocycles. The second-order valence-corrected chi connectivity index (χ2v) is 17.0. The van der Waals surface area contributed by atoms with Crippen LogP contribution in [0.1, 0.15) is 84.7 Å². The van der Waals surface area contributed by atoms with E-state index in [4.69, 9.17) is 14.7 Å². The van der Waals surface area contributed by atoms with Crippen molar-refractivity contribution in [2.45, 2.75) is 109 Å². The third-order valence-electron chi connectivity index (χ3n) is 11.5. The highest BCUT2D eigenvalue weighted by Gasteiger charge is 2.43. The first-order valence-electron chi connectivity index (χ1n) is 18.3. The Balaban J connectivity index is 1.29. The van der Waals surface area contributed by atoms with Gasteiger partial charge in [0.05, 0.1) is 27.9 Å². The molecule has 0 amide bonds. The summed E-state index contributed by atoms with van der Waals surface area (Å²) in [4.78, 5) is 16.2. The number of ether oxygens (including phenoxy) is 1. The number of piperidine rings is 1. The van der Waals surface area contributed by atoms with E-state index in [1.807, 2.05) is 45.2 Å². The molecular weight excluding hydrogens is 657 g/mol. The normalized spacial score (nSPS) is 20.4. The van der Waals surface area contributed by atoms with E-state index in [2.05, 4.69) is 60.8 Å². The Labute approximate surface area is 301 Å². The summed E-state index contributed by atoms with van der Waals surface area (Å²) < 4.78 is 35.0. The van der Waals surface area contributed by atoms with Gasteiger partial charge in [-0.25, -0.2) is 9.97 Å². The third-order valence-corrected chi connectivity index (χ3v) is 13.1. The number of benzene rings is 3. The summed E-state index contributed by atoms with van der Waals surface area (Å²) >= 11 is 0. The van der Waals surface area contributed by atoms with Crippen LogP contribution in [0.3, 0.4) is 0 Å². The van der Waals surface area contributed by atoms with Crippen molar-refractivity contribution in [3.63, 3.8) is 0 Å². The highest BCUT2D eigenvalue weighted by Crippen LogP contribution is 2.44. The van der Waals surface area contributed by atoms with E-state index >= 15 is 0 Å². The lowest BCUT2D eigenvalue weighted by atomic mass is 9.95. The highest BCUT2D eigenvalue weighted by molar-refractivity contribution is 7.90. The van der Waals surface area contributed by atoms with Crippen molar-refractivity contribution in [2.75, 3.05) is 23.5 Å². The number of hydrogen-bond acceptors (Lipinski definition) is 8. The van der Waals surface area contributed by atoms with E-state index in [-0.39, 0.29) is 11.0 Å². The maximum absolute atomic E-state index is 14.0. The summed E-state index contributed by atoms with van der Waals surface area (Å²) in [5.41, 5.74) is 10.2. The van der Waals surface area contributed by atoms with Gasteiger partial charge in [0.2, 0.25) is 0 Å². The summed E-state index contributed by atoms with van der Waals surface area (Å²) in [6.07, 6.45) is 5.26. The SMILES string of the molecule is CO[C@H]1C[C@H]2CC[C@@H](C1)N2c1nc(-c2c(C)ccc3c2c(C)nn3S(=O)(=O)c2ccc(C)cc2)nc2c1CN(c1cc(C(C)C)ccc1C)CC2. The molecule has 2 aromatic heterocycles. The summed E-state index contributed by atoms with van der Waals surface area (Å²) in [6.45, 7) is 14.2. The van der Waals surface area contributed by atoms with Crippen molar-refractivity contribution >= 4 is 32.4 Å². The van der Waals surface area contributed by atoms with Gasteiger partial charge in [-0.15, -0.1) is 0 Å². The molecule has 2 saturated heterocycles. The molecule has 0 spiro atoms. The number of rotatable bonds is 7. The zero-order valence-corrected chi connectivity index (χ0v) is 31.6. The van der Waals surface area contributed by atoms with Crippen LogP contribution < -0.4 is 9.80 Å². The van der Waals surface area contributed by atoms with Gasteiger partial charge < -0.3 is 14.5 Å². The summed E-state index contributed by atoms with van der Waals surface area (Å²) in [5, 5.41) is 5.43. The summed E-state index contributed by atoms with van der Waals surface area (Å²) in [7, 11) is -2.10.